The van der Waals surface area contributed by atoms with Crippen LogP contribution in [-0.4, -0.2) is 36.1 Å². The number of carbonyl (C=O) groups excluding carboxylic acids is 3. The molecular weight excluding hydrogens is 262 g/mol. The molecule has 0 saturated heterocycles. The van der Waals surface area contributed by atoms with Gasteiger partial charge in [-0.15, -0.1) is 0 Å². The van der Waals surface area contributed by atoms with E-state index in [0.717, 1.165) is 12.8 Å². The van der Waals surface area contributed by atoms with Gasteiger partial charge in [0.1, 0.15) is 6.73 Å². The van der Waals surface area contributed by atoms with Crippen molar-refractivity contribution < 1.29 is 19.5 Å². The lowest BCUT2D eigenvalue weighted by Gasteiger charge is -2.07. The van der Waals surface area contributed by atoms with Crippen molar-refractivity contribution in [3.8, 4) is 0 Å². The molecule has 20 heavy (non-hydrogen) atoms. The van der Waals surface area contributed by atoms with Crippen LogP contribution in [0.1, 0.15) is 40.5 Å². The van der Waals surface area contributed by atoms with Crippen LogP contribution in [0.3, 0.4) is 0 Å². The normalized spacial score (nSPS) is 12.4. The summed E-state index contributed by atoms with van der Waals surface area (Å²) in [6.07, 6.45) is 1.58. The molecule has 0 aromatic heterocycles. The molecule has 5 N–H and O–H groups in total. The summed E-state index contributed by atoms with van der Waals surface area (Å²) in [5, 5.41) is 13.0. The second-order valence-electron chi connectivity index (χ2n) is 4.50. The van der Waals surface area contributed by atoms with Crippen molar-refractivity contribution in [1.29, 1.82) is 0 Å². The predicted molar refractivity (Wildman–Crippen MR) is 76.3 cm³/mol. The van der Waals surface area contributed by atoms with Gasteiger partial charge in [0, 0.05) is 11.8 Å². The van der Waals surface area contributed by atoms with E-state index in [1.165, 1.54) is 0 Å². The molecule has 0 aliphatic heterocycles. The van der Waals surface area contributed by atoms with E-state index in [4.69, 9.17) is 10.8 Å². The van der Waals surface area contributed by atoms with Crippen LogP contribution in [0.2, 0.25) is 0 Å². The Morgan fingerprint density at radius 1 is 1.00 bits per heavy atom. The molecule has 0 aliphatic rings. The van der Waals surface area contributed by atoms with E-state index in [1.54, 1.807) is 6.92 Å². The highest BCUT2D eigenvalue weighted by Crippen LogP contribution is 1.99. The van der Waals surface area contributed by atoms with E-state index in [2.05, 4.69) is 10.6 Å². The van der Waals surface area contributed by atoms with E-state index < -0.39 is 5.91 Å². The van der Waals surface area contributed by atoms with Gasteiger partial charge in [0.2, 0.25) is 17.7 Å². The lowest BCUT2D eigenvalue weighted by Crippen LogP contribution is -2.36. The second-order valence-corrected chi connectivity index (χ2v) is 4.50. The molecule has 0 bridgehead atoms. The van der Waals surface area contributed by atoms with Crippen molar-refractivity contribution in [2.75, 3.05) is 13.3 Å². The quantitative estimate of drug-likeness (QED) is 0.482. The Kier molecular flexibility index (Phi) is 12.8. The Morgan fingerprint density at radius 2 is 1.40 bits per heavy atom. The third kappa shape index (κ3) is 11.5. The number of nitrogens with two attached hydrogens (primary N) is 1. The molecule has 0 radical (unpaired) electrons. The third-order valence-electron chi connectivity index (χ3n) is 2.81. The maximum atomic E-state index is 11.0. The summed E-state index contributed by atoms with van der Waals surface area (Å²) in [4.78, 5) is 31.9. The first kappa shape index (κ1) is 20.7. The minimum atomic E-state index is -0.512. The topological polar surface area (TPSA) is 122 Å². The molecule has 0 heterocycles. The molecule has 0 aromatic carbocycles. The fraction of sp³-hybridized carbons (Fsp3) is 0.769. The monoisotopic (exact) mass is 289 g/mol. The smallest absolute Gasteiger partial charge is 0.236 e. The molecule has 0 rings (SSSR count). The zero-order chi connectivity index (χ0) is 16.1. The minimum absolute atomic E-state index is 0.0112. The highest BCUT2D eigenvalue weighted by molar-refractivity contribution is 5.84. The van der Waals surface area contributed by atoms with Crippen LogP contribution in [0.25, 0.3) is 0 Å². The molecule has 2 unspecified atom stereocenters. The lowest BCUT2D eigenvalue weighted by molar-refractivity contribution is -0.127. The summed E-state index contributed by atoms with van der Waals surface area (Å²) >= 11 is 0. The van der Waals surface area contributed by atoms with Gasteiger partial charge in [-0.2, -0.15) is 0 Å². The molecule has 118 valence electrons. The molecular formula is C13H27N3O4. The standard InChI is InChI=1S/C7H14N2O2.C6H13NO2/c1-3-5(2)7(11)9-4-6(8)10;1-3-5(2)6(9)7-4-8/h5H,3-4H2,1-2H3,(H2,8,10)(H,9,11);5,8H,3-4H2,1-2H3,(H,7,9). The number of carbonyl (C=O) groups is 3. The summed E-state index contributed by atoms with van der Waals surface area (Å²) < 4.78 is 0. The molecule has 0 aromatic rings. The van der Waals surface area contributed by atoms with E-state index in [1.807, 2.05) is 20.8 Å². The van der Waals surface area contributed by atoms with Crippen molar-refractivity contribution in [1.82, 2.24) is 10.6 Å². The Morgan fingerprint density at radius 3 is 1.70 bits per heavy atom. The number of aliphatic hydroxyl groups excluding tert-OH is 1. The number of rotatable bonds is 7. The van der Waals surface area contributed by atoms with Gasteiger partial charge >= 0.3 is 0 Å². The van der Waals surface area contributed by atoms with E-state index in [0.29, 0.717) is 0 Å². The number of aliphatic hydroxyl groups is 1. The average Bonchev–Trinajstić information content (AvgIpc) is 2.43. The van der Waals surface area contributed by atoms with E-state index >= 15 is 0 Å². The lowest BCUT2D eigenvalue weighted by atomic mass is 10.1. The van der Waals surface area contributed by atoms with Gasteiger partial charge in [-0.05, 0) is 12.8 Å². The maximum absolute atomic E-state index is 11.0. The Balaban J connectivity index is 0. The molecule has 7 nitrogen and oxygen atoms in total. The van der Waals surface area contributed by atoms with Gasteiger partial charge in [0.05, 0.1) is 6.54 Å². The Hall–Kier alpha value is -1.63. The average molecular weight is 289 g/mol. The van der Waals surface area contributed by atoms with Crippen molar-refractivity contribution in [2.24, 2.45) is 17.6 Å². The number of primary amides is 1. The first-order chi connectivity index (χ1) is 9.29. The van der Waals surface area contributed by atoms with Crippen LogP contribution in [0, 0.1) is 11.8 Å². The zero-order valence-corrected chi connectivity index (χ0v) is 12.7. The van der Waals surface area contributed by atoms with Gasteiger partial charge in [0.25, 0.3) is 0 Å². The molecule has 7 heteroatoms. The van der Waals surface area contributed by atoms with Gasteiger partial charge < -0.3 is 21.5 Å². The number of hydrogen-bond donors (Lipinski definition) is 4. The highest BCUT2D eigenvalue weighted by atomic mass is 16.3. The van der Waals surface area contributed by atoms with E-state index in [9.17, 15) is 14.4 Å². The fourth-order valence-corrected chi connectivity index (χ4v) is 0.971. The van der Waals surface area contributed by atoms with Crippen molar-refractivity contribution in [3.05, 3.63) is 0 Å². The van der Waals surface area contributed by atoms with E-state index in [-0.39, 0.29) is 36.9 Å². The van der Waals surface area contributed by atoms with Gasteiger partial charge in [-0.1, -0.05) is 27.7 Å². The van der Waals surface area contributed by atoms with Crippen LogP contribution in [0.5, 0.6) is 0 Å². The minimum Gasteiger partial charge on any atom is -0.377 e. The second kappa shape index (κ2) is 12.4. The SMILES string of the molecule is CCC(C)C(=O)NCC(N)=O.CCC(C)C(=O)NCO. The van der Waals surface area contributed by atoms with Crippen molar-refractivity contribution >= 4 is 17.7 Å². The summed E-state index contributed by atoms with van der Waals surface area (Å²) in [5.74, 6) is -0.751. The van der Waals surface area contributed by atoms with Crippen LogP contribution in [-0.2, 0) is 14.4 Å². The summed E-state index contributed by atoms with van der Waals surface area (Å²) in [6.45, 7) is 7.14. The largest absolute Gasteiger partial charge is 0.377 e. The highest BCUT2D eigenvalue weighted by Gasteiger charge is 2.09. The molecule has 3 amide bonds. The van der Waals surface area contributed by atoms with Gasteiger partial charge in [-0.25, -0.2) is 0 Å². The molecule has 0 saturated carbocycles. The molecule has 0 aliphatic carbocycles. The predicted octanol–water partition coefficient (Wildman–Crippen LogP) is -0.267. The summed E-state index contributed by atoms with van der Waals surface area (Å²) in [5.41, 5.74) is 4.83. The Bertz CT molecular complexity index is 308. The maximum Gasteiger partial charge on any atom is 0.236 e. The fourth-order valence-electron chi connectivity index (χ4n) is 0.971. The first-order valence-electron chi connectivity index (χ1n) is 6.74. The van der Waals surface area contributed by atoms with Gasteiger partial charge in [-0.3, -0.25) is 14.4 Å². The zero-order valence-electron chi connectivity index (χ0n) is 12.7. The number of nitrogens with one attached hydrogen (secondary N) is 2. The summed E-state index contributed by atoms with van der Waals surface area (Å²) in [6, 6.07) is 0. The van der Waals surface area contributed by atoms with Crippen LogP contribution < -0.4 is 16.4 Å². The van der Waals surface area contributed by atoms with Crippen LogP contribution in [0.15, 0.2) is 0 Å². The molecule has 0 fully saturated rings. The first-order valence-corrected chi connectivity index (χ1v) is 6.74. The molecule has 0 spiro atoms. The third-order valence-corrected chi connectivity index (χ3v) is 2.81. The Labute approximate surface area is 120 Å². The number of hydrogen-bond acceptors (Lipinski definition) is 4. The van der Waals surface area contributed by atoms with Crippen molar-refractivity contribution in [2.45, 2.75) is 40.5 Å². The summed E-state index contributed by atoms with van der Waals surface area (Å²) in [7, 11) is 0. The molecule has 2 atom stereocenters. The van der Waals surface area contributed by atoms with Crippen LogP contribution >= 0.6 is 0 Å². The van der Waals surface area contributed by atoms with Crippen molar-refractivity contribution in [3.63, 3.8) is 0 Å². The van der Waals surface area contributed by atoms with Gasteiger partial charge in [0.15, 0.2) is 0 Å². The van der Waals surface area contributed by atoms with Crippen LogP contribution in [0.4, 0.5) is 0 Å². The number of amides is 3.